The Bertz CT molecular complexity index is 1070. The molecule has 0 atom stereocenters. The minimum absolute atomic E-state index is 0.0815. The number of hydrogen-bond donors (Lipinski definition) is 1. The summed E-state index contributed by atoms with van der Waals surface area (Å²) >= 11 is 7.74. The van der Waals surface area contributed by atoms with Gasteiger partial charge in [0.1, 0.15) is 0 Å². The number of nitrogens with one attached hydrogen (secondary N) is 1. The normalized spacial score (nSPS) is 12.6. The Balaban J connectivity index is 1.86. The molecule has 1 aliphatic rings. The molecule has 0 aromatic heterocycles. The highest BCUT2D eigenvalue weighted by Crippen LogP contribution is 2.41. The van der Waals surface area contributed by atoms with Gasteiger partial charge in [-0.05, 0) is 50.2 Å². The lowest BCUT2D eigenvalue weighted by Gasteiger charge is -2.10. The average Bonchev–Trinajstić information content (AvgIpc) is 2.84. The first-order valence-electron chi connectivity index (χ1n) is 9.08. The van der Waals surface area contributed by atoms with Gasteiger partial charge >= 0.3 is 0 Å². The highest BCUT2D eigenvalue weighted by molar-refractivity contribution is 7.99. The van der Waals surface area contributed by atoms with Crippen molar-refractivity contribution in [2.24, 2.45) is 4.99 Å². The maximum Gasteiger partial charge on any atom is 0.251 e. The lowest BCUT2D eigenvalue weighted by atomic mass is 10.0. The van der Waals surface area contributed by atoms with E-state index in [1.165, 1.54) is 0 Å². The Morgan fingerprint density at radius 2 is 1.75 bits per heavy atom. The molecule has 0 unspecified atom stereocenters. The SMILES string of the molecule is CC(C)NC(=O)c1ccc2c(c1)N=C(c1ccc(Cl)cc1)c1ccccc1S2. The summed E-state index contributed by atoms with van der Waals surface area (Å²) in [6.07, 6.45) is 0. The molecule has 3 nitrogen and oxygen atoms in total. The van der Waals surface area contributed by atoms with E-state index in [4.69, 9.17) is 16.6 Å². The van der Waals surface area contributed by atoms with E-state index in [9.17, 15) is 4.79 Å². The summed E-state index contributed by atoms with van der Waals surface area (Å²) in [7, 11) is 0. The van der Waals surface area contributed by atoms with Crippen LogP contribution in [0.1, 0.15) is 35.3 Å². The van der Waals surface area contributed by atoms with Crippen LogP contribution < -0.4 is 5.32 Å². The van der Waals surface area contributed by atoms with Crippen molar-refractivity contribution in [3.63, 3.8) is 0 Å². The molecular formula is C23H19ClN2OS. The van der Waals surface area contributed by atoms with Crippen LogP contribution in [-0.4, -0.2) is 17.7 Å². The third-order valence-corrected chi connectivity index (χ3v) is 5.75. The molecule has 0 fully saturated rings. The van der Waals surface area contributed by atoms with Crippen LogP contribution in [0.2, 0.25) is 5.02 Å². The van der Waals surface area contributed by atoms with Gasteiger partial charge in [0.2, 0.25) is 0 Å². The number of nitrogens with zero attached hydrogens (tertiary/aromatic N) is 1. The molecule has 1 amide bonds. The van der Waals surface area contributed by atoms with Gasteiger partial charge in [-0.3, -0.25) is 4.79 Å². The topological polar surface area (TPSA) is 41.5 Å². The van der Waals surface area contributed by atoms with Crippen LogP contribution in [0, 0.1) is 0 Å². The fraction of sp³-hybridized carbons (Fsp3) is 0.130. The van der Waals surface area contributed by atoms with Crippen molar-refractivity contribution in [3.8, 4) is 0 Å². The Morgan fingerprint density at radius 3 is 2.50 bits per heavy atom. The summed E-state index contributed by atoms with van der Waals surface area (Å²) in [5, 5.41) is 3.63. The molecular weight excluding hydrogens is 388 g/mol. The van der Waals surface area contributed by atoms with E-state index in [0.29, 0.717) is 10.6 Å². The van der Waals surface area contributed by atoms with Crippen molar-refractivity contribution in [3.05, 3.63) is 88.4 Å². The third kappa shape index (κ3) is 3.84. The first-order chi connectivity index (χ1) is 13.5. The molecule has 0 saturated carbocycles. The van der Waals surface area contributed by atoms with Crippen LogP contribution in [0.5, 0.6) is 0 Å². The molecule has 0 aliphatic carbocycles. The summed E-state index contributed by atoms with van der Waals surface area (Å²) in [5.41, 5.74) is 4.34. The van der Waals surface area contributed by atoms with Gasteiger partial charge in [-0.2, -0.15) is 0 Å². The summed E-state index contributed by atoms with van der Waals surface area (Å²) < 4.78 is 0. The molecule has 28 heavy (non-hydrogen) atoms. The van der Waals surface area contributed by atoms with Gasteiger partial charge in [0.25, 0.3) is 5.91 Å². The second-order valence-electron chi connectivity index (χ2n) is 6.88. The Hall–Kier alpha value is -2.56. The maximum absolute atomic E-state index is 12.5. The van der Waals surface area contributed by atoms with Gasteiger partial charge in [-0.1, -0.05) is 53.7 Å². The van der Waals surface area contributed by atoms with Crippen LogP contribution in [0.4, 0.5) is 5.69 Å². The number of benzene rings is 3. The summed E-state index contributed by atoms with van der Waals surface area (Å²) in [4.78, 5) is 19.6. The maximum atomic E-state index is 12.5. The molecule has 1 aliphatic heterocycles. The lowest BCUT2D eigenvalue weighted by molar-refractivity contribution is 0.0943. The van der Waals surface area contributed by atoms with E-state index in [2.05, 4.69) is 17.4 Å². The van der Waals surface area contributed by atoms with Gasteiger partial charge in [-0.15, -0.1) is 0 Å². The standard InChI is InChI=1S/C23H19ClN2OS/c1-14(2)25-23(27)16-9-12-21-19(13-16)26-22(15-7-10-17(24)11-8-15)18-5-3-4-6-20(18)28-21/h3-14H,1-2H3,(H,25,27). The average molecular weight is 407 g/mol. The minimum atomic E-state index is -0.0900. The Labute approximate surface area is 173 Å². The van der Waals surface area contributed by atoms with Gasteiger partial charge in [-0.25, -0.2) is 4.99 Å². The summed E-state index contributed by atoms with van der Waals surface area (Å²) in [6, 6.07) is 21.7. The van der Waals surface area contributed by atoms with Crippen LogP contribution in [0.3, 0.4) is 0 Å². The number of hydrogen-bond acceptors (Lipinski definition) is 3. The molecule has 5 heteroatoms. The zero-order valence-corrected chi connectivity index (χ0v) is 17.1. The third-order valence-electron chi connectivity index (χ3n) is 4.35. The van der Waals surface area contributed by atoms with Crippen molar-refractivity contribution in [1.29, 1.82) is 0 Å². The van der Waals surface area contributed by atoms with Crippen molar-refractivity contribution < 1.29 is 4.79 Å². The number of carbonyl (C=O) groups excluding carboxylic acids is 1. The second-order valence-corrected chi connectivity index (χ2v) is 8.40. The Kier molecular flexibility index (Phi) is 5.25. The minimum Gasteiger partial charge on any atom is -0.350 e. The molecule has 140 valence electrons. The molecule has 4 rings (SSSR count). The largest absolute Gasteiger partial charge is 0.350 e. The zero-order valence-electron chi connectivity index (χ0n) is 15.6. The van der Waals surface area contributed by atoms with E-state index in [1.807, 2.05) is 68.4 Å². The highest BCUT2D eigenvalue weighted by atomic mass is 35.5. The highest BCUT2D eigenvalue weighted by Gasteiger charge is 2.20. The number of fused-ring (bicyclic) bond motifs is 2. The predicted molar refractivity (Wildman–Crippen MR) is 116 cm³/mol. The van der Waals surface area contributed by atoms with E-state index in [-0.39, 0.29) is 11.9 Å². The first kappa shape index (κ1) is 18.8. The molecule has 0 spiro atoms. The van der Waals surface area contributed by atoms with E-state index >= 15 is 0 Å². The summed E-state index contributed by atoms with van der Waals surface area (Å²) in [5.74, 6) is -0.0900. The van der Waals surface area contributed by atoms with Crippen molar-refractivity contribution in [2.45, 2.75) is 29.7 Å². The smallest absolute Gasteiger partial charge is 0.251 e. The molecule has 3 aromatic carbocycles. The summed E-state index contributed by atoms with van der Waals surface area (Å²) in [6.45, 7) is 3.90. The molecule has 0 bridgehead atoms. The monoisotopic (exact) mass is 406 g/mol. The second kappa shape index (κ2) is 7.82. The zero-order chi connectivity index (χ0) is 19.7. The number of halogens is 1. The van der Waals surface area contributed by atoms with Crippen LogP contribution >= 0.6 is 23.4 Å². The molecule has 1 N–H and O–H groups in total. The van der Waals surface area contributed by atoms with Crippen LogP contribution in [-0.2, 0) is 0 Å². The lowest BCUT2D eigenvalue weighted by Crippen LogP contribution is -2.29. The van der Waals surface area contributed by atoms with Gasteiger partial charge in [0, 0.05) is 37.5 Å². The molecule has 1 heterocycles. The number of carbonyl (C=O) groups is 1. The van der Waals surface area contributed by atoms with Crippen molar-refractivity contribution in [1.82, 2.24) is 5.32 Å². The van der Waals surface area contributed by atoms with Crippen molar-refractivity contribution in [2.75, 3.05) is 0 Å². The van der Waals surface area contributed by atoms with E-state index < -0.39 is 0 Å². The van der Waals surface area contributed by atoms with Crippen molar-refractivity contribution >= 4 is 40.7 Å². The predicted octanol–water partition coefficient (Wildman–Crippen LogP) is 6.11. The van der Waals surface area contributed by atoms with E-state index in [1.54, 1.807) is 11.8 Å². The van der Waals surface area contributed by atoms with Crippen LogP contribution in [0.15, 0.2) is 81.5 Å². The van der Waals surface area contributed by atoms with Gasteiger partial charge in [0.05, 0.1) is 11.4 Å². The Morgan fingerprint density at radius 1 is 1.00 bits per heavy atom. The van der Waals surface area contributed by atoms with Crippen LogP contribution in [0.25, 0.3) is 0 Å². The quantitative estimate of drug-likeness (QED) is 0.445. The molecule has 3 aromatic rings. The van der Waals surface area contributed by atoms with E-state index in [0.717, 1.165) is 32.3 Å². The number of aliphatic imine (C=N–C) groups is 1. The number of rotatable bonds is 3. The molecule has 0 saturated heterocycles. The van der Waals surface area contributed by atoms with Gasteiger partial charge < -0.3 is 5.32 Å². The fourth-order valence-corrected chi connectivity index (χ4v) is 4.19. The van der Waals surface area contributed by atoms with Gasteiger partial charge in [0.15, 0.2) is 0 Å². The fourth-order valence-electron chi connectivity index (χ4n) is 3.06. The number of amides is 1. The first-order valence-corrected chi connectivity index (χ1v) is 10.3. The molecule has 0 radical (unpaired) electrons.